The molecule has 2 nitrogen and oxygen atoms in total. The Bertz CT molecular complexity index is 533. The molecule has 0 saturated carbocycles. The van der Waals surface area contributed by atoms with E-state index in [0.717, 1.165) is 5.69 Å². The summed E-state index contributed by atoms with van der Waals surface area (Å²) in [5.74, 6) is 0.148. The highest BCUT2D eigenvalue weighted by Crippen LogP contribution is 2.23. The quantitative estimate of drug-likeness (QED) is 0.791. The summed E-state index contributed by atoms with van der Waals surface area (Å²) in [5, 5.41) is 3.03. The number of nitrogens with one attached hydrogen (secondary N) is 1. The zero-order chi connectivity index (χ0) is 13.1. The van der Waals surface area contributed by atoms with Crippen molar-refractivity contribution in [2.24, 2.45) is 0 Å². The Hall–Kier alpha value is -2.03. The fourth-order valence-corrected chi connectivity index (χ4v) is 1.74. The Morgan fingerprint density at radius 2 is 1.72 bits per heavy atom. The summed E-state index contributed by atoms with van der Waals surface area (Å²) in [7, 11) is 0. The van der Waals surface area contributed by atoms with Gasteiger partial charge in [-0.2, -0.15) is 0 Å². The highest BCUT2D eigenvalue weighted by Gasteiger charge is 2.03. The van der Waals surface area contributed by atoms with E-state index in [-0.39, 0.29) is 5.82 Å². The highest BCUT2D eigenvalue weighted by molar-refractivity contribution is 5.62. The van der Waals surface area contributed by atoms with E-state index in [2.05, 4.69) is 19.2 Å². The predicted molar refractivity (Wildman–Crippen MR) is 74.6 cm³/mol. The standard InChI is InChI=1S/C15H17FN2/c1-10(2)11-3-6-13(7-4-11)18-15-8-5-12(17)9-14(15)16/h3-10,18H,17H2,1-2H3. The number of halogens is 1. The van der Waals surface area contributed by atoms with Crippen molar-refractivity contribution in [3.8, 4) is 0 Å². The van der Waals surface area contributed by atoms with Crippen molar-refractivity contribution in [2.75, 3.05) is 11.1 Å². The van der Waals surface area contributed by atoms with E-state index in [4.69, 9.17) is 5.73 Å². The largest absolute Gasteiger partial charge is 0.399 e. The molecule has 0 aliphatic rings. The van der Waals surface area contributed by atoms with E-state index in [9.17, 15) is 4.39 Å². The molecule has 0 saturated heterocycles. The van der Waals surface area contributed by atoms with Gasteiger partial charge in [0.1, 0.15) is 5.82 Å². The fourth-order valence-electron chi connectivity index (χ4n) is 1.74. The van der Waals surface area contributed by atoms with E-state index in [1.54, 1.807) is 12.1 Å². The lowest BCUT2D eigenvalue weighted by atomic mass is 10.0. The molecular weight excluding hydrogens is 227 g/mol. The van der Waals surface area contributed by atoms with E-state index in [0.29, 0.717) is 17.3 Å². The van der Waals surface area contributed by atoms with Gasteiger partial charge >= 0.3 is 0 Å². The first-order chi connectivity index (χ1) is 8.56. The van der Waals surface area contributed by atoms with Gasteiger partial charge in [-0.25, -0.2) is 4.39 Å². The maximum absolute atomic E-state index is 13.6. The molecule has 0 spiro atoms. The van der Waals surface area contributed by atoms with Gasteiger partial charge in [0.05, 0.1) is 5.69 Å². The molecule has 0 aliphatic heterocycles. The second-order valence-electron chi connectivity index (χ2n) is 4.64. The van der Waals surface area contributed by atoms with Crippen LogP contribution < -0.4 is 11.1 Å². The highest BCUT2D eigenvalue weighted by atomic mass is 19.1. The molecule has 0 unspecified atom stereocenters. The topological polar surface area (TPSA) is 38.0 Å². The minimum atomic E-state index is -0.345. The zero-order valence-electron chi connectivity index (χ0n) is 10.6. The molecule has 18 heavy (non-hydrogen) atoms. The van der Waals surface area contributed by atoms with Gasteiger partial charge in [-0.3, -0.25) is 0 Å². The SMILES string of the molecule is CC(C)c1ccc(Nc2ccc(N)cc2F)cc1. The number of rotatable bonds is 3. The maximum Gasteiger partial charge on any atom is 0.148 e. The molecule has 2 aromatic carbocycles. The number of benzene rings is 2. The van der Waals surface area contributed by atoms with Crippen molar-refractivity contribution in [1.82, 2.24) is 0 Å². The summed E-state index contributed by atoms with van der Waals surface area (Å²) >= 11 is 0. The molecule has 3 heteroatoms. The molecule has 94 valence electrons. The van der Waals surface area contributed by atoms with Gasteiger partial charge in [0.25, 0.3) is 0 Å². The molecule has 0 bridgehead atoms. The second-order valence-corrected chi connectivity index (χ2v) is 4.64. The molecule has 0 amide bonds. The molecule has 2 aromatic rings. The Kier molecular flexibility index (Phi) is 3.51. The number of anilines is 3. The molecule has 0 fully saturated rings. The Labute approximate surface area is 107 Å². The first kappa shape index (κ1) is 12.4. The van der Waals surface area contributed by atoms with E-state index in [1.807, 2.05) is 24.3 Å². The maximum atomic E-state index is 13.6. The van der Waals surface area contributed by atoms with Crippen molar-refractivity contribution in [2.45, 2.75) is 19.8 Å². The van der Waals surface area contributed by atoms with Crippen LogP contribution in [0.25, 0.3) is 0 Å². The fraction of sp³-hybridized carbons (Fsp3) is 0.200. The summed E-state index contributed by atoms with van der Waals surface area (Å²) in [6.07, 6.45) is 0. The summed E-state index contributed by atoms with van der Waals surface area (Å²) in [4.78, 5) is 0. The first-order valence-electron chi connectivity index (χ1n) is 5.98. The third-order valence-electron chi connectivity index (χ3n) is 2.85. The van der Waals surface area contributed by atoms with Crippen LogP contribution in [-0.4, -0.2) is 0 Å². The summed E-state index contributed by atoms with van der Waals surface area (Å²) < 4.78 is 13.6. The van der Waals surface area contributed by atoms with Gasteiger partial charge in [-0.15, -0.1) is 0 Å². The average Bonchev–Trinajstić information content (AvgIpc) is 2.33. The van der Waals surface area contributed by atoms with Crippen molar-refractivity contribution in [1.29, 1.82) is 0 Å². The van der Waals surface area contributed by atoms with E-state index >= 15 is 0 Å². The molecule has 3 N–H and O–H groups in total. The van der Waals surface area contributed by atoms with Crippen molar-refractivity contribution < 1.29 is 4.39 Å². The number of nitrogen functional groups attached to an aromatic ring is 1. The Morgan fingerprint density at radius 1 is 1.06 bits per heavy atom. The Morgan fingerprint density at radius 3 is 2.28 bits per heavy atom. The monoisotopic (exact) mass is 244 g/mol. The van der Waals surface area contributed by atoms with Crippen LogP contribution in [0.3, 0.4) is 0 Å². The van der Waals surface area contributed by atoms with Gasteiger partial charge in [-0.05, 0) is 41.8 Å². The zero-order valence-corrected chi connectivity index (χ0v) is 10.6. The van der Waals surface area contributed by atoms with E-state index in [1.165, 1.54) is 11.6 Å². The molecule has 0 aromatic heterocycles. The predicted octanol–water partition coefficient (Wildman–Crippen LogP) is 4.27. The molecule has 0 atom stereocenters. The third-order valence-corrected chi connectivity index (χ3v) is 2.85. The van der Waals surface area contributed by atoms with Crippen LogP contribution in [0.1, 0.15) is 25.3 Å². The van der Waals surface area contributed by atoms with Gasteiger partial charge in [-0.1, -0.05) is 26.0 Å². The molecule has 2 rings (SSSR count). The minimum absolute atomic E-state index is 0.345. The normalized spacial score (nSPS) is 10.7. The van der Waals surface area contributed by atoms with Crippen LogP contribution in [-0.2, 0) is 0 Å². The summed E-state index contributed by atoms with van der Waals surface area (Å²) in [6.45, 7) is 4.28. The lowest BCUT2D eigenvalue weighted by molar-refractivity contribution is 0.632. The molecule has 0 aliphatic carbocycles. The number of hydrogen-bond donors (Lipinski definition) is 2. The number of hydrogen-bond acceptors (Lipinski definition) is 2. The second kappa shape index (κ2) is 5.08. The number of nitrogens with two attached hydrogens (primary N) is 1. The van der Waals surface area contributed by atoms with Crippen LogP contribution in [0.2, 0.25) is 0 Å². The van der Waals surface area contributed by atoms with Crippen LogP contribution in [0, 0.1) is 5.82 Å². The van der Waals surface area contributed by atoms with Crippen LogP contribution in [0.5, 0.6) is 0 Å². The lowest BCUT2D eigenvalue weighted by Gasteiger charge is -2.10. The van der Waals surface area contributed by atoms with Gasteiger partial charge < -0.3 is 11.1 Å². The Balaban J connectivity index is 2.18. The molecular formula is C15H17FN2. The average molecular weight is 244 g/mol. The summed E-state index contributed by atoms with van der Waals surface area (Å²) in [5.41, 5.74) is 8.49. The van der Waals surface area contributed by atoms with Crippen molar-refractivity contribution >= 4 is 17.1 Å². The van der Waals surface area contributed by atoms with Crippen LogP contribution in [0.15, 0.2) is 42.5 Å². The first-order valence-corrected chi connectivity index (χ1v) is 5.98. The summed E-state index contributed by atoms with van der Waals surface area (Å²) in [6, 6.07) is 12.6. The van der Waals surface area contributed by atoms with Crippen LogP contribution >= 0.6 is 0 Å². The minimum Gasteiger partial charge on any atom is -0.399 e. The lowest BCUT2D eigenvalue weighted by Crippen LogP contribution is -1.96. The third kappa shape index (κ3) is 2.80. The molecule has 0 heterocycles. The van der Waals surface area contributed by atoms with Crippen molar-refractivity contribution in [3.05, 3.63) is 53.8 Å². The van der Waals surface area contributed by atoms with E-state index < -0.39 is 0 Å². The van der Waals surface area contributed by atoms with Crippen LogP contribution in [0.4, 0.5) is 21.5 Å². The van der Waals surface area contributed by atoms with Gasteiger partial charge in [0.15, 0.2) is 0 Å². The molecule has 0 radical (unpaired) electrons. The van der Waals surface area contributed by atoms with Gasteiger partial charge in [0, 0.05) is 11.4 Å². The smallest absolute Gasteiger partial charge is 0.148 e. The van der Waals surface area contributed by atoms with Gasteiger partial charge in [0.2, 0.25) is 0 Å². The van der Waals surface area contributed by atoms with Crippen molar-refractivity contribution in [3.63, 3.8) is 0 Å².